The summed E-state index contributed by atoms with van der Waals surface area (Å²) >= 11 is 5.78. The zero-order valence-corrected chi connectivity index (χ0v) is 14.9. The topological polar surface area (TPSA) is 34.1 Å². The van der Waals surface area contributed by atoms with Crippen LogP contribution in [0.15, 0.2) is 54.7 Å². The van der Waals surface area contributed by atoms with Gasteiger partial charge in [-0.1, -0.05) is 18.5 Å². The van der Waals surface area contributed by atoms with Crippen molar-refractivity contribution in [1.29, 1.82) is 0 Å². The van der Waals surface area contributed by atoms with Gasteiger partial charge in [0.15, 0.2) is 0 Å². The van der Waals surface area contributed by atoms with Crippen molar-refractivity contribution in [3.05, 3.63) is 82.6 Å². The second-order valence-electron chi connectivity index (χ2n) is 5.67. The van der Waals surface area contributed by atoms with E-state index in [1.807, 2.05) is 19.1 Å². The second-order valence-corrected chi connectivity index (χ2v) is 6.08. The molecule has 0 fully saturated rings. The van der Waals surface area contributed by atoms with Crippen molar-refractivity contribution in [3.8, 4) is 11.5 Å². The Morgan fingerprint density at radius 3 is 2.69 bits per heavy atom. The van der Waals surface area contributed by atoms with E-state index in [4.69, 9.17) is 16.3 Å². The predicted octanol–water partition coefficient (Wildman–Crippen LogP) is 5.98. The molecule has 26 heavy (non-hydrogen) atoms. The number of benzene rings is 2. The van der Waals surface area contributed by atoms with Gasteiger partial charge >= 0.3 is 0 Å². The Kier molecular flexibility index (Phi) is 5.68. The summed E-state index contributed by atoms with van der Waals surface area (Å²) in [5, 5.41) is 3.20. The summed E-state index contributed by atoms with van der Waals surface area (Å²) in [5.41, 5.74) is 2.48. The van der Waals surface area contributed by atoms with Crippen molar-refractivity contribution < 1.29 is 13.5 Å². The fraction of sp³-hybridized carbons (Fsp3) is 0.150. The zero-order valence-electron chi connectivity index (χ0n) is 14.1. The first kappa shape index (κ1) is 18.1. The van der Waals surface area contributed by atoms with Gasteiger partial charge < -0.3 is 10.1 Å². The Hall–Kier alpha value is -2.66. The van der Waals surface area contributed by atoms with Crippen molar-refractivity contribution in [2.75, 3.05) is 5.32 Å². The van der Waals surface area contributed by atoms with E-state index in [-0.39, 0.29) is 10.8 Å². The maximum absolute atomic E-state index is 13.7. The van der Waals surface area contributed by atoms with E-state index in [0.717, 1.165) is 17.8 Å². The van der Waals surface area contributed by atoms with Gasteiger partial charge in [0.1, 0.15) is 23.1 Å². The van der Waals surface area contributed by atoms with Gasteiger partial charge in [0.25, 0.3) is 0 Å². The Morgan fingerprint density at radius 1 is 1.08 bits per heavy atom. The Morgan fingerprint density at radius 2 is 1.92 bits per heavy atom. The van der Waals surface area contributed by atoms with Gasteiger partial charge in [-0.05, 0) is 48.9 Å². The first-order valence-electron chi connectivity index (χ1n) is 8.15. The van der Waals surface area contributed by atoms with Gasteiger partial charge in [0, 0.05) is 35.8 Å². The molecule has 3 nitrogen and oxygen atoms in total. The molecule has 0 aliphatic carbocycles. The van der Waals surface area contributed by atoms with Crippen LogP contribution in [0.5, 0.6) is 11.5 Å². The molecule has 3 aromatic rings. The summed E-state index contributed by atoms with van der Waals surface area (Å²) in [6, 6.07) is 12.1. The molecule has 0 saturated carbocycles. The minimum Gasteiger partial charge on any atom is -0.457 e. The number of halogens is 3. The average Bonchev–Trinajstić information content (AvgIpc) is 2.65. The molecule has 1 aromatic heterocycles. The highest BCUT2D eigenvalue weighted by Crippen LogP contribution is 2.29. The lowest BCUT2D eigenvalue weighted by atomic mass is 10.2. The molecule has 0 atom stereocenters. The van der Waals surface area contributed by atoms with Gasteiger partial charge in [-0.25, -0.2) is 8.78 Å². The largest absolute Gasteiger partial charge is 0.457 e. The molecule has 6 heteroatoms. The van der Waals surface area contributed by atoms with Crippen molar-refractivity contribution >= 4 is 17.3 Å². The smallest absolute Gasteiger partial charge is 0.142 e. The minimum absolute atomic E-state index is 0.0341. The fourth-order valence-corrected chi connectivity index (χ4v) is 2.60. The molecular formula is C20H17ClF2N2O. The molecule has 0 unspecified atom stereocenters. The standard InChI is InChI=1S/C20H17ClF2N2O/c1-2-15-10-16(7-8-24-15)25-12-13-9-14(22)3-6-20(13)26-17-4-5-19(23)18(21)11-17/h3-11H,2,12H2,1H3,(H,24,25). The number of rotatable bonds is 6. The second kappa shape index (κ2) is 8.15. The molecule has 2 aromatic carbocycles. The van der Waals surface area contributed by atoms with E-state index in [0.29, 0.717) is 23.6 Å². The van der Waals surface area contributed by atoms with E-state index in [1.54, 1.807) is 6.20 Å². The molecule has 1 N–H and O–H groups in total. The fourth-order valence-electron chi connectivity index (χ4n) is 2.43. The predicted molar refractivity (Wildman–Crippen MR) is 98.8 cm³/mol. The molecular weight excluding hydrogens is 358 g/mol. The van der Waals surface area contributed by atoms with Crippen LogP contribution >= 0.6 is 11.6 Å². The third-order valence-corrected chi connectivity index (χ3v) is 4.09. The van der Waals surface area contributed by atoms with Crippen LogP contribution in [0.2, 0.25) is 5.02 Å². The lowest BCUT2D eigenvalue weighted by molar-refractivity contribution is 0.473. The van der Waals surface area contributed by atoms with Crippen molar-refractivity contribution in [3.63, 3.8) is 0 Å². The number of nitrogens with zero attached hydrogens (tertiary/aromatic N) is 1. The number of anilines is 1. The van der Waals surface area contributed by atoms with Gasteiger partial charge in [0.05, 0.1) is 5.02 Å². The zero-order chi connectivity index (χ0) is 18.5. The van der Waals surface area contributed by atoms with Crippen LogP contribution in [0.1, 0.15) is 18.2 Å². The van der Waals surface area contributed by atoms with Crippen LogP contribution in [0.4, 0.5) is 14.5 Å². The molecule has 0 bridgehead atoms. The first-order chi connectivity index (χ1) is 12.5. The van der Waals surface area contributed by atoms with Crippen molar-refractivity contribution in [2.24, 2.45) is 0 Å². The summed E-state index contributed by atoms with van der Waals surface area (Å²) in [6.07, 6.45) is 2.56. The van der Waals surface area contributed by atoms with Crippen LogP contribution in [0.25, 0.3) is 0 Å². The molecule has 0 saturated heterocycles. The highest BCUT2D eigenvalue weighted by atomic mass is 35.5. The number of aryl methyl sites for hydroxylation is 1. The monoisotopic (exact) mass is 374 g/mol. The summed E-state index contributed by atoms with van der Waals surface area (Å²) in [7, 11) is 0. The first-order valence-corrected chi connectivity index (χ1v) is 8.53. The van der Waals surface area contributed by atoms with Crippen molar-refractivity contribution in [2.45, 2.75) is 19.9 Å². The van der Waals surface area contributed by atoms with Crippen LogP contribution in [-0.4, -0.2) is 4.98 Å². The molecule has 0 spiro atoms. The summed E-state index contributed by atoms with van der Waals surface area (Å²) in [5.74, 6) is -0.0486. The maximum Gasteiger partial charge on any atom is 0.142 e. The Bertz CT molecular complexity index is 918. The molecule has 134 valence electrons. The maximum atomic E-state index is 13.7. The average molecular weight is 375 g/mol. The Labute approximate surface area is 155 Å². The van der Waals surface area contributed by atoms with Crippen LogP contribution in [0, 0.1) is 11.6 Å². The molecule has 3 rings (SSSR count). The number of aromatic nitrogens is 1. The summed E-state index contributed by atoms with van der Waals surface area (Å²) < 4.78 is 32.7. The van der Waals surface area contributed by atoms with Crippen LogP contribution < -0.4 is 10.1 Å². The van der Waals surface area contributed by atoms with Gasteiger partial charge in [0.2, 0.25) is 0 Å². The van der Waals surface area contributed by atoms with Crippen molar-refractivity contribution in [1.82, 2.24) is 4.98 Å². The van der Waals surface area contributed by atoms with Crippen LogP contribution in [0.3, 0.4) is 0 Å². The molecule has 0 amide bonds. The Balaban J connectivity index is 1.80. The molecule has 0 radical (unpaired) electrons. The molecule has 0 aliphatic heterocycles. The third-order valence-electron chi connectivity index (χ3n) is 3.80. The highest BCUT2D eigenvalue weighted by Gasteiger charge is 2.09. The molecule has 1 heterocycles. The number of pyridine rings is 1. The normalized spacial score (nSPS) is 10.6. The van der Waals surface area contributed by atoms with Gasteiger partial charge in [-0.3, -0.25) is 4.98 Å². The van der Waals surface area contributed by atoms with Crippen LogP contribution in [-0.2, 0) is 13.0 Å². The van der Waals surface area contributed by atoms with E-state index < -0.39 is 5.82 Å². The highest BCUT2D eigenvalue weighted by molar-refractivity contribution is 6.30. The van der Waals surface area contributed by atoms with Gasteiger partial charge in [-0.2, -0.15) is 0 Å². The molecule has 0 aliphatic rings. The SMILES string of the molecule is CCc1cc(NCc2cc(F)ccc2Oc2ccc(F)c(Cl)c2)ccn1. The number of nitrogens with one attached hydrogen (secondary N) is 1. The van der Waals surface area contributed by atoms with E-state index in [2.05, 4.69) is 10.3 Å². The lowest BCUT2D eigenvalue weighted by Gasteiger charge is -2.13. The summed E-state index contributed by atoms with van der Waals surface area (Å²) in [4.78, 5) is 4.25. The quantitative estimate of drug-likeness (QED) is 0.576. The minimum atomic E-state index is -0.524. The van der Waals surface area contributed by atoms with E-state index >= 15 is 0 Å². The number of hydrogen-bond acceptors (Lipinski definition) is 3. The van der Waals surface area contributed by atoms with Gasteiger partial charge in [-0.15, -0.1) is 0 Å². The third kappa shape index (κ3) is 4.49. The number of ether oxygens (including phenoxy) is 1. The lowest BCUT2D eigenvalue weighted by Crippen LogP contribution is -2.03. The van der Waals surface area contributed by atoms with E-state index in [9.17, 15) is 8.78 Å². The number of hydrogen-bond donors (Lipinski definition) is 1. The van der Waals surface area contributed by atoms with E-state index in [1.165, 1.54) is 36.4 Å². The summed E-state index contributed by atoms with van der Waals surface area (Å²) in [6.45, 7) is 2.38.